The smallest absolute Gasteiger partial charge is 0.290 e. The summed E-state index contributed by atoms with van der Waals surface area (Å²) in [6.07, 6.45) is 5.68. The molecule has 1 aromatic rings. The van der Waals surface area contributed by atoms with Crippen molar-refractivity contribution < 1.29 is 18.7 Å². The number of carbonyl (C=O) groups is 2. The molecule has 0 bridgehead atoms. The molecule has 2 aliphatic rings. The molecule has 2 amide bonds. The molecule has 0 aromatic carbocycles. The highest BCUT2D eigenvalue weighted by molar-refractivity contribution is 5.93. The van der Waals surface area contributed by atoms with Crippen LogP contribution in [0.25, 0.3) is 0 Å². The van der Waals surface area contributed by atoms with Crippen LogP contribution in [0.3, 0.4) is 0 Å². The van der Waals surface area contributed by atoms with Crippen LogP contribution in [-0.2, 0) is 9.53 Å². The molecule has 3 rings (SSSR count). The van der Waals surface area contributed by atoms with E-state index in [2.05, 4.69) is 0 Å². The molecule has 0 saturated carbocycles. The molecular weight excluding hydrogens is 296 g/mol. The van der Waals surface area contributed by atoms with Gasteiger partial charge in [0.15, 0.2) is 5.76 Å². The van der Waals surface area contributed by atoms with Crippen LogP contribution in [0.2, 0.25) is 0 Å². The van der Waals surface area contributed by atoms with Gasteiger partial charge in [0.2, 0.25) is 5.91 Å². The Kier molecular flexibility index (Phi) is 4.71. The number of amides is 2. The summed E-state index contributed by atoms with van der Waals surface area (Å²) in [7, 11) is 1.66. The van der Waals surface area contributed by atoms with Crippen LogP contribution in [0.4, 0.5) is 0 Å². The van der Waals surface area contributed by atoms with Crippen LogP contribution in [0, 0.1) is 0 Å². The van der Waals surface area contributed by atoms with Crippen molar-refractivity contribution in [2.45, 2.75) is 37.6 Å². The lowest BCUT2D eigenvalue weighted by Crippen LogP contribution is -2.56. The molecule has 6 nitrogen and oxygen atoms in total. The Morgan fingerprint density at radius 3 is 3.04 bits per heavy atom. The highest BCUT2D eigenvalue weighted by Gasteiger charge is 2.50. The quantitative estimate of drug-likeness (QED) is 0.778. The van der Waals surface area contributed by atoms with Crippen molar-refractivity contribution in [2.75, 3.05) is 33.4 Å². The fraction of sp³-hybridized carbons (Fsp3) is 0.647. The molecule has 1 unspecified atom stereocenters. The zero-order valence-corrected chi connectivity index (χ0v) is 13.6. The minimum Gasteiger partial charge on any atom is -0.459 e. The van der Waals surface area contributed by atoms with E-state index in [4.69, 9.17) is 9.15 Å². The third kappa shape index (κ3) is 3.13. The maximum absolute atomic E-state index is 12.8. The second-order valence-electron chi connectivity index (χ2n) is 6.45. The molecule has 0 N–H and O–H groups in total. The zero-order valence-electron chi connectivity index (χ0n) is 13.6. The summed E-state index contributed by atoms with van der Waals surface area (Å²) in [5.41, 5.74) is -0.369. The molecule has 2 aliphatic heterocycles. The predicted octanol–water partition coefficient (Wildman–Crippen LogP) is 1.91. The number of carbonyl (C=O) groups excluding carboxylic acids is 2. The van der Waals surface area contributed by atoms with E-state index >= 15 is 0 Å². The normalized spacial score (nSPS) is 24.7. The van der Waals surface area contributed by atoms with Crippen molar-refractivity contribution in [3.8, 4) is 0 Å². The van der Waals surface area contributed by atoms with Gasteiger partial charge in [-0.15, -0.1) is 0 Å². The molecule has 6 heteroatoms. The van der Waals surface area contributed by atoms with E-state index in [1.54, 1.807) is 19.2 Å². The van der Waals surface area contributed by atoms with E-state index in [9.17, 15) is 9.59 Å². The average Bonchev–Trinajstić information content (AvgIpc) is 3.17. The number of likely N-dealkylation sites (tertiary alicyclic amines) is 2. The maximum atomic E-state index is 12.8. The van der Waals surface area contributed by atoms with Gasteiger partial charge in [-0.1, -0.05) is 0 Å². The molecule has 23 heavy (non-hydrogen) atoms. The zero-order chi connectivity index (χ0) is 16.3. The Balaban J connectivity index is 1.75. The Bertz CT molecular complexity index is 557. The number of ether oxygens (including phenoxy) is 1. The monoisotopic (exact) mass is 320 g/mol. The van der Waals surface area contributed by atoms with Gasteiger partial charge < -0.3 is 19.0 Å². The summed E-state index contributed by atoms with van der Waals surface area (Å²) < 4.78 is 10.3. The van der Waals surface area contributed by atoms with Crippen molar-refractivity contribution >= 4 is 11.8 Å². The Morgan fingerprint density at radius 1 is 1.43 bits per heavy atom. The molecule has 0 aliphatic carbocycles. The van der Waals surface area contributed by atoms with E-state index < -0.39 is 0 Å². The summed E-state index contributed by atoms with van der Waals surface area (Å²) in [4.78, 5) is 29.0. The second kappa shape index (κ2) is 6.74. The molecule has 2 saturated heterocycles. The molecule has 126 valence electrons. The molecule has 1 aromatic heterocycles. The van der Waals surface area contributed by atoms with E-state index in [1.165, 1.54) is 6.26 Å². The molecule has 1 atom stereocenters. The van der Waals surface area contributed by atoms with Gasteiger partial charge >= 0.3 is 0 Å². The van der Waals surface area contributed by atoms with Gasteiger partial charge in [-0.05, 0) is 37.8 Å². The fourth-order valence-corrected chi connectivity index (χ4v) is 3.79. The summed E-state index contributed by atoms with van der Waals surface area (Å²) in [5, 5.41) is 0. The van der Waals surface area contributed by atoms with Crippen LogP contribution in [0.15, 0.2) is 22.8 Å². The maximum Gasteiger partial charge on any atom is 0.290 e. The van der Waals surface area contributed by atoms with Crippen LogP contribution in [0.1, 0.15) is 42.7 Å². The van der Waals surface area contributed by atoms with E-state index in [-0.39, 0.29) is 17.4 Å². The number of nitrogens with zero attached hydrogens (tertiary/aromatic N) is 2. The summed E-state index contributed by atoms with van der Waals surface area (Å²) >= 11 is 0. The van der Waals surface area contributed by atoms with Gasteiger partial charge in [-0.2, -0.15) is 0 Å². The van der Waals surface area contributed by atoms with E-state index in [1.807, 2.05) is 9.80 Å². The first-order valence-corrected chi connectivity index (χ1v) is 8.28. The SMILES string of the molecule is COCCCN1CC2(CCCCN2C(=O)c2ccco2)CC1=O. The average molecular weight is 320 g/mol. The van der Waals surface area contributed by atoms with Gasteiger partial charge in [0.05, 0.1) is 18.2 Å². The Morgan fingerprint density at radius 2 is 2.30 bits per heavy atom. The molecule has 1 spiro atoms. The number of methoxy groups -OCH3 is 1. The van der Waals surface area contributed by atoms with E-state index in [0.29, 0.717) is 38.4 Å². The summed E-state index contributed by atoms with van der Waals surface area (Å²) in [6.45, 7) is 2.66. The lowest BCUT2D eigenvalue weighted by molar-refractivity contribution is -0.128. The van der Waals surface area contributed by atoms with Crippen LogP contribution in [0.5, 0.6) is 0 Å². The molecule has 0 radical (unpaired) electrons. The largest absolute Gasteiger partial charge is 0.459 e. The Labute approximate surface area is 136 Å². The summed E-state index contributed by atoms with van der Waals surface area (Å²) in [6, 6.07) is 3.42. The molecule has 3 heterocycles. The standard InChI is InChI=1S/C17H24N2O4/c1-22-10-5-8-18-13-17(12-15(18)20)7-2-3-9-19(17)16(21)14-6-4-11-23-14/h4,6,11H,2-3,5,7-10,12-13H2,1H3. The van der Waals surface area contributed by atoms with Gasteiger partial charge in [-0.25, -0.2) is 0 Å². The lowest BCUT2D eigenvalue weighted by atomic mass is 9.85. The number of piperidine rings is 1. The van der Waals surface area contributed by atoms with Crippen LogP contribution >= 0.6 is 0 Å². The first-order valence-electron chi connectivity index (χ1n) is 8.28. The van der Waals surface area contributed by atoms with Crippen molar-refractivity contribution in [3.05, 3.63) is 24.2 Å². The molecular formula is C17H24N2O4. The van der Waals surface area contributed by atoms with Gasteiger partial charge in [0, 0.05) is 33.4 Å². The minimum atomic E-state index is -0.369. The van der Waals surface area contributed by atoms with E-state index in [0.717, 1.165) is 25.7 Å². The second-order valence-corrected chi connectivity index (χ2v) is 6.45. The highest BCUT2D eigenvalue weighted by Crippen LogP contribution is 2.38. The van der Waals surface area contributed by atoms with Crippen LogP contribution in [-0.4, -0.2) is 60.5 Å². The van der Waals surface area contributed by atoms with Gasteiger partial charge in [0.25, 0.3) is 5.91 Å². The van der Waals surface area contributed by atoms with Crippen LogP contribution < -0.4 is 0 Å². The number of rotatable bonds is 5. The number of hydrogen-bond donors (Lipinski definition) is 0. The summed E-state index contributed by atoms with van der Waals surface area (Å²) in [5.74, 6) is 0.401. The van der Waals surface area contributed by atoms with Crippen molar-refractivity contribution in [3.63, 3.8) is 0 Å². The van der Waals surface area contributed by atoms with Crippen molar-refractivity contribution in [1.29, 1.82) is 0 Å². The minimum absolute atomic E-state index is 0.0961. The molecule has 2 fully saturated rings. The third-order valence-electron chi connectivity index (χ3n) is 4.92. The van der Waals surface area contributed by atoms with Gasteiger partial charge in [-0.3, -0.25) is 9.59 Å². The van der Waals surface area contributed by atoms with Crippen molar-refractivity contribution in [1.82, 2.24) is 9.80 Å². The predicted molar refractivity (Wildman–Crippen MR) is 84.0 cm³/mol. The number of furan rings is 1. The first kappa shape index (κ1) is 16.1. The first-order chi connectivity index (χ1) is 11.2. The third-order valence-corrected chi connectivity index (χ3v) is 4.92. The highest BCUT2D eigenvalue weighted by atomic mass is 16.5. The van der Waals surface area contributed by atoms with Gasteiger partial charge in [0.1, 0.15) is 0 Å². The topological polar surface area (TPSA) is 63.0 Å². The fourth-order valence-electron chi connectivity index (χ4n) is 3.79. The van der Waals surface area contributed by atoms with Crippen molar-refractivity contribution in [2.24, 2.45) is 0 Å². The lowest BCUT2D eigenvalue weighted by Gasteiger charge is -2.44. The number of hydrogen-bond acceptors (Lipinski definition) is 4. The Hall–Kier alpha value is -1.82.